The van der Waals surface area contributed by atoms with E-state index in [1.165, 1.54) is 30.0 Å². The lowest BCUT2D eigenvalue weighted by Gasteiger charge is -2.13. The highest BCUT2D eigenvalue weighted by Crippen LogP contribution is 2.29. The number of aromatic amines is 1. The van der Waals surface area contributed by atoms with Crippen LogP contribution >= 0.6 is 11.8 Å². The first-order chi connectivity index (χ1) is 8.76. The fourth-order valence-electron chi connectivity index (χ4n) is 2.38. The number of aromatic nitrogens is 4. The van der Waals surface area contributed by atoms with Crippen LogP contribution < -0.4 is 11.0 Å². The maximum Gasteiger partial charge on any atom is 0.348 e. The van der Waals surface area contributed by atoms with E-state index >= 15 is 0 Å². The van der Waals surface area contributed by atoms with E-state index in [1.807, 2.05) is 11.8 Å². The number of hydrogen-bond acceptors (Lipinski definition) is 5. The van der Waals surface area contributed by atoms with Crippen molar-refractivity contribution in [2.75, 3.05) is 11.6 Å². The van der Waals surface area contributed by atoms with Crippen LogP contribution in [0.3, 0.4) is 0 Å². The van der Waals surface area contributed by atoms with Gasteiger partial charge in [-0.05, 0) is 25.5 Å². The second kappa shape index (κ2) is 4.64. The molecular weight excluding hydrogens is 250 g/mol. The molecule has 1 aliphatic carbocycles. The van der Waals surface area contributed by atoms with Crippen molar-refractivity contribution in [2.45, 2.75) is 30.6 Å². The molecule has 2 aromatic rings. The summed E-state index contributed by atoms with van der Waals surface area (Å²) in [5.74, 6) is 0.785. The third-order valence-electron chi connectivity index (χ3n) is 3.38. The van der Waals surface area contributed by atoms with E-state index in [1.54, 1.807) is 6.07 Å². The molecular formula is C11H15N5OS. The van der Waals surface area contributed by atoms with Crippen LogP contribution in [0.4, 0.5) is 5.82 Å². The molecule has 2 unspecified atom stereocenters. The Kier molecular flexibility index (Phi) is 2.99. The molecule has 0 saturated heterocycles. The molecule has 2 atom stereocenters. The number of nitrogens with one attached hydrogen (secondary N) is 2. The Bertz CT molecular complexity index is 607. The highest BCUT2D eigenvalue weighted by atomic mass is 32.2. The number of thioether (sulfide) groups is 1. The fourth-order valence-corrected chi connectivity index (χ4v) is 3.18. The van der Waals surface area contributed by atoms with Crippen LogP contribution in [0.2, 0.25) is 0 Å². The summed E-state index contributed by atoms with van der Waals surface area (Å²) in [6.45, 7) is 0. The predicted octanol–water partition coefficient (Wildman–Crippen LogP) is 1.11. The Labute approximate surface area is 108 Å². The van der Waals surface area contributed by atoms with Crippen molar-refractivity contribution in [3.8, 4) is 0 Å². The Morgan fingerprint density at radius 2 is 2.44 bits per heavy atom. The second-order valence-electron chi connectivity index (χ2n) is 4.54. The Balaban J connectivity index is 1.77. The summed E-state index contributed by atoms with van der Waals surface area (Å²) in [5, 5.41) is 10.5. The van der Waals surface area contributed by atoms with Gasteiger partial charge in [-0.2, -0.15) is 16.9 Å². The molecule has 7 heteroatoms. The molecule has 6 nitrogen and oxygen atoms in total. The van der Waals surface area contributed by atoms with Crippen LogP contribution in [0.25, 0.3) is 5.65 Å². The van der Waals surface area contributed by atoms with E-state index in [4.69, 9.17) is 0 Å². The van der Waals surface area contributed by atoms with Gasteiger partial charge in [-0.3, -0.25) is 0 Å². The average Bonchev–Trinajstić information content (AvgIpc) is 2.97. The Morgan fingerprint density at radius 3 is 3.22 bits per heavy atom. The van der Waals surface area contributed by atoms with Crippen molar-refractivity contribution < 1.29 is 0 Å². The van der Waals surface area contributed by atoms with Gasteiger partial charge in [0.1, 0.15) is 12.1 Å². The summed E-state index contributed by atoms with van der Waals surface area (Å²) >= 11 is 1.93. The Morgan fingerprint density at radius 1 is 1.56 bits per heavy atom. The highest BCUT2D eigenvalue weighted by Gasteiger charge is 2.23. The molecule has 96 valence electrons. The zero-order chi connectivity index (χ0) is 12.5. The first-order valence-electron chi connectivity index (χ1n) is 5.98. The normalized spacial score (nSPS) is 23.6. The summed E-state index contributed by atoms with van der Waals surface area (Å²) in [5.41, 5.74) is 0.337. The molecule has 0 aromatic carbocycles. The van der Waals surface area contributed by atoms with Crippen LogP contribution in [-0.4, -0.2) is 37.1 Å². The quantitative estimate of drug-likeness (QED) is 0.869. The van der Waals surface area contributed by atoms with Crippen molar-refractivity contribution in [1.29, 1.82) is 0 Å². The monoisotopic (exact) mass is 265 g/mol. The SMILES string of the molecule is CSC1CCC(Nc2cc3n[nH]c(=O)n3cn2)C1. The van der Waals surface area contributed by atoms with E-state index in [-0.39, 0.29) is 5.69 Å². The van der Waals surface area contributed by atoms with Gasteiger partial charge in [-0.25, -0.2) is 19.3 Å². The molecule has 2 heterocycles. The van der Waals surface area contributed by atoms with Crippen LogP contribution in [0, 0.1) is 0 Å². The molecule has 0 amide bonds. The predicted molar refractivity (Wildman–Crippen MR) is 72.2 cm³/mol. The van der Waals surface area contributed by atoms with Crippen LogP contribution in [0.1, 0.15) is 19.3 Å². The van der Waals surface area contributed by atoms with E-state index < -0.39 is 0 Å². The van der Waals surface area contributed by atoms with Crippen molar-refractivity contribution in [2.24, 2.45) is 0 Å². The van der Waals surface area contributed by atoms with Crippen molar-refractivity contribution in [3.05, 3.63) is 22.9 Å². The van der Waals surface area contributed by atoms with Crippen LogP contribution in [0.15, 0.2) is 17.2 Å². The summed E-state index contributed by atoms with van der Waals surface area (Å²) < 4.78 is 1.39. The van der Waals surface area contributed by atoms with Crippen LogP contribution in [-0.2, 0) is 0 Å². The van der Waals surface area contributed by atoms with E-state index in [2.05, 4.69) is 26.8 Å². The standard InChI is InChI=1S/C11H15N5OS/c1-18-8-3-2-7(4-8)13-9-5-10-14-15-11(17)16(10)6-12-9/h5-8,13H,2-4H2,1H3,(H,15,17). The van der Waals surface area contributed by atoms with Crippen molar-refractivity contribution in [1.82, 2.24) is 19.6 Å². The molecule has 18 heavy (non-hydrogen) atoms. The van der Waals surface area contributed by atoms with E-state index in [0.717, 1.165) is 11.1 Å². The molecule has 2 N–H and O–H groups in total. The maximum absolute atomic E-state index is 11.3. The minimum Gasteiger partial charge on any atom is -0.367 e. The third-order valence-corrected chi connectivity index (χ3v) is 4.47. The summed E-state index contributed by atoms with van der Waals surface area (Å²) in [6, 6.07) is 2.27. The first-order valence-corrected chi connectivity index (χ1v) is 7.27. The molecule has 1 fully saturated rings. The smallest absolute Gasteiger partial charge is 0.348 e. The van der Waals surface area contributed by atoms with Gasteiger partial charge in [0.25, 0.3) is 0 Å². The number of H-pyrrole nitrogens is 1. The van der Waals surface area contributed by atoms with Gasteiger partial charge in [0.05, 0.1) is 0 Å². The van der Waals surface area contributed by atoms with E-state index in [0.29, 0.717) is 11.7 Å². The minimum atomic E-state index is -0.257. The molecule has 0 spiro atoms. The third kappa shape index (κ3) is 2.10. The lowest BCUT2D eigenvalue weighted by molar-refractivity contribution is 0.751. The summed E-state index contributed by atoms with van der Waals surface area (Å²) in [7, 11) is 0. The van der Waals surface area contributed by atoms with Gasteiger partial charge >= 0.3 is 5.69 Å². The highest BCUT2D eigenvalue weighted by molar-refractivity contribution is 7.99. The van der Waals surface area contributed by atoms with Gasteiger partial charge < -0.3 is 5.32 Å². The lowest BCUT2D eigenvalue weighted by Crippen LogP contribution is -2.17. The van der Waals surface area contributed by atoms with Crippen molar-refractivity contribution >= 4 is 23.2 Å². The summed E-state index contributed by atoms with van der Waals surface area (Å²) in [4.78, 5) is 15.5. The zero-order valence-electron chi connectivity index (χ0n) is 10.1. The number of hydrogen-bond donors (Lipinski definition) is 2. The molecule has 3 rings (SSSR count). The second-order valence-corrected chi connectivity index (χ2v) is 5.68. The zero-order valence-corrected chi connectivity index (χ0v) is 10.9. The molecule has 0 bridgehead atoms. The van der Waals surface area contributed by atoms with Crippen molar-refractivity contribution in [3.63, 3.8) is 0 Å². The maximum atomic E-state index is 11.3. The van der Waals surface area contributed by atoms with Gasteiger partial charge in [0.15, 0.2) is 5.65 Å². The lowest BCUT2D eigenvalue weighted by atomic mass is 10.2. The number of anilines is 1. The number of fused-ring (bicyclic) bond motifs is 1. The molecule has 0 aliphatic heterocycles. The molecule has 1 aliphatic rings. The minimum absolute atomic E-state index is 0.257. The van der Waals surface area contributed by atoms with Gasteiger partial charge in [0, 0.05) is 17.4 Å². The Hall–Kier alpha value is -1.50. The topological polar surface area (TPSA) is 75.1 Å². The van der Waals surface area contributed by atoms with Gasteiger partial charge in [-0.15, -0.1) is 0 Å². The molecule has 1 saturated carbocycles. The fraction of sp³-hybridized carbons (Fsp3) is 0.545. The molecule has 0 radical (unpaired) electrons. The summed E-state index contributed by atoms with van der Waals surface area (Å²) in [6.07, 6.45) is 7.26. The largest absolute Gasteiger partial charge is 0.367 e. The van der Waals surface area contributed by atoms with E-state index in [9.17, 15) is 4.79 Å². The number of rotatable bonds is 3. The van der Waals surface area contributed by atoms with Gasteiger partial charge in [-0.1, -0.05) is 0 Å². The first kappa shape index (κ1) is 11.6. The number of nitrogens with zero attached hydrogens (tertiary/aromatic N) is 3. The molecule has 2 aromatic heterocycles. The van der Waals surface area contributed by atoms with Gasteiger partial charge in [0.2, 0.25) is 0 Å². The average molecular weight is 265 g/mol. The van der Waals surface area contributed by atoms with Crippen LogP contribution in [0.5, 0.6) is 0 Å².